The highest BCUT2D eigenvalue weighted by atomic mass is 16.3. The predicted molar refractivity (Wildman–Crippen MR) is 28.7 cm³/mol. The standard InChI is InChI=1S/C4H12N2O/c1-3(5)4(7)6-2/h3-4,6-7H,5H2,1-2H3. The summed E-state index contributed by atoms with van der Waals surface area (Å²) in [6.07, 6.45) is -0.569. The molecule has 3 heteroatoms. The van der Waals surface area contributed by atoms with Gasteiger partial charge in [-0.25, -0.2) is 0 Å². The van der Waals surface area contributed by atoms with Gasteiger partial charge in [0, 0.05) is 6.04 Å². The fourth-order valence-electron chi connectivity index (χ4n) is 0.263. The highest BCUT2D eigenvalue weighted by molar-refractivity contribution is 4.59. The van der Waals surface area contributed by atoms with E-state index in [9.17, 15) is 0 Å². The Labute approximate surface area is 43.5 Å². The lowest BCUT2D eigenvalue weighted by molar-refractivity contribution is 0.124. The van der Waals surface area contributed by atoms with Crippen LogP contribution in [-0.4, -0.2) is 24.4 Å². The molecule has 2 atom stereocenters. The maximum Gasteiger partial charge on any atom is 0.119 e. The Morgan fingerprint density at radius 3 is 2.14 bits per heavy atom. The van der Waals surface area contributed by atoms with Gasteiger partial charge in [-0.05, 0) is 14.0 Å². The molecule has 4 N–H and O–H groups in total. The van der Waals surface area contributed by atoms with Crippen LogP contribution in [0.25, 0.3) is 0 Å². The van der Waals surface area contributed by atoms with Crippen molar-refractivity contribution < 1.29 is 5.11 Å². The van der Waals surface area contributed by atoms with Crippen LogP contribution in [0.4, 0.5) is 0 Å². The quantitative estimate of drug-likeness (QED) is 0.389. The first-order valence-electron chi connectivity index (χ1n) is 2.29. The number of rotatable bonds is 2. The van der Waals surface area contributed by atoms with Crippen molar-refractivity contribution in [2.24, 2.45) is 5.73 Å². The van der Waals surface area contributed by atoms with Crippen molar-refractivity contribution in [2.75, 3.05) is 7.05 Å². The Morgan fingerprint density at radius 1 is 1.71 bits per heavy atom. The lowest BCUT2D eigenvalue weighted by Crippen LogP contribution is -2.40. The lowest BCUT2D eigenvalue weighted by atomic mass is 10.3. The summed E-state index contributed by atoms with van der Waals surface area (Å²) in [4.78, 5) is 0. The SMILES string of the molecule is CNC(O)C(C)N. The van der Waals surface area contributed by atoms with Crippen LogP contribution >= 0.6 is 0 Å². The van der Waals surface area contributed by atoms with E-state index < -0.39 is 6.23 Å². The summed E-state index contributed by atoms with van der Waals surface area (Å²) < 4.78 is 0. The summed E-state index contributed by atoms with van der Waals surface area (Å²) in [6.45, 7) is 1.74. The number of nitrogens with one attached hydrogen (secondary N) is 1. The zero-order valence-corrected chi connectivity index (χ0v) is 4.68. The summed E-state index contributed by atoms with van der Waals surface area (Å²) in [5.74, 6) is 0. The molecule has 0 aliphatic rings. The fraction of sp³-hybridized carbons (Fsp3) is 1.00. The van der Waals surface area contributed by atoms with Gasteiger partial charge in [0.1, 0.15) is 6.23 Å². The molecule has 0 aliphatic carbocycles. The topological polar surface area (TPSA) is 58.3 Å². The van der Waals surface area contributed by atoms with Crippen molar-refractivity contribution in [3.8, 4) is 0 Å². The first-order valence-corrected chi connectivity index (χ1v) is 2.29. The largest absolute Gasteiger partial charge is 0.377 e. The molecule has 0 heterocycles. The van der Waals surface area contributed by atoms with E-state index in [0.717, 1.165) is 0 Å². The Bertz CT molecular complexity index is 47.0. The summed E-state index contributed by atoms with van der Waals surface area (Å²) in [5.41, 5.74) is 5.23. The van der Waals surface area contributed by atoms with Gasteiger partial charge in [-0.2, -0.15) is 0 Å². The van der Waals surface area contributed by atoms with Crippen molar-refractivity contribution in [1.29, 1.82) is 0 Å². The molecule has 0 fully saturated rings. The Kier molecular flexibility index (Phi) is 2.91. The van der Waals surface area contributed by atoms with E-state index in [1.807, 2.05) is 0 Å². The van der Waals surface area contributed by atoms with Gasteiger partial charge in [-0.15, -0.1) is 0 Å². The van der Waals surface area contributed by atoms with Crippen LogP contribution in [0.3, 0.4) is 0 Å². The molecule has 0 amide bonds. The van der Waals surface area contributed by atoms with Crippen molar-refractivity contribution in [3.63, 3.8) is 0 Å². The van der Waals surface area contributed by atoms with Crippen molar-refractivity contribution in [1.82, 2.24) is 5.32 Å². The van der Waals surface area contributed by atoms with Crippen LogP contribution in [0, 0.1) is 0 Å². The number of hydrogen-bond acceptors (Lipinski definition) is 3. The van der Waals surface area contributed by atoms with E-state index in [-0.39, 0.29) is 6.04 Å². The van der Waals surface area contributed by atoms with E-state index in [1.165, 1.54) is 0 Å². The number of likely N-dealkylation sites (N-methyl/N-ethyl adjacent to an activating group) is 1. The van der Waals surface area contributed by atoms with Crippen LogP contribution in [0.1, 0.15) is 6.92 Å². The monoisotopic (exact) mass is 104 g/mol. The number of aliphatic hydroxyl groups is 1. The second-order valence-electron chi connectivity index (χ2n) is 1.59. The molecule has 0 aromatic carbocycles. The molecule has 44 valence electrons. The molecule has 3 nitrogen and oxygen atoms in total. The minimum absolute atomic E-state index is 0.190. The number of hydrogen-bond donors (Lipinski definition) is 3. The zero-order chi connectivity index (χ0) is 5.86. The molecule has 0 bridgehead atoms. The van der Waals surface area contributed by atoms with E-state index in [4.69, 9.17) is 10.8 Å². The van der Waals surface area contributed by atoms with Gasteiger partial charge in [0.15, 0.2) is 0 Å². The molecule has 0 aromatic heterocycles. The number of aliphatic hydroxyl groups excluding tert-OH is 1. The molecule has 0 saturated heterocycles. The lowest BCUT2D eigenvalue weighted by Gasteiger charge is -2.11. The molecular formula is C4H12N2O. The van der Waals surface area contributed by atoms with E-state index in [0.29, 0.717) is 0 Å². The zero-order valence-electron chi connectivity index (χ0n) is 4.68. The molecule has 0 rings (SSSR count). The van der Waals surface area contributed by atoms with Gasteiger partial charge < -0.3 is 10.8 Å². The first-order chi connectivity index (χ1) is 3.18. The minimum atomic E-state index is -0.569. The van der Waals surface area contributed by atoms with Gasteiger partial charge in [0.25, 0.3) is 0 Å². The predicted octanol–water partition coefficient (Wildman–Crippen LogP) is -1.13. The van der Waals surface area contributed by atoms with E-state index in [2.05, 4.69) is 5.32 Å². The van der Waals surface area contributed by atoms with E-state index >= 15 is 0 Å². The molecule has 7 heavy (non-hydrogen) atoms. The average Bonchev–Trinajstić information content (AvgIpc) is 1.65. The Hall–Kier alpha value is -0.120. The van der Waals surface area contributed by atoms with Gasteiger partial charge >= 0.3 is 0 Å². The molecule has 0 saturated carbocycles. The van der Waals surface area contributed by atoms with Gasteiger partial charge in [0.2, 0.25) is 0 Å². The molecule has 0 aromatic rings. The first kappa shape index (κ1) is 6.88. The number of nitrogens with two attached hydrogens (primary N) is 1. The van der Waals surface area contributed by atoms with E-state index in [1.54, 1.807) is 14.0 Å². The fourth-order valence-corrected chi connectivity index (χ4v) is 0.263. The molecule has 0 aliphatic heterocycles. The van der Waals surface area contributed by atoms with Gasteiger partial charge in [-0.1, -0.05) is 0 Å². The maximum atomic E-state index is 8.70. The van der Waals surface area contributed by atoms with Crippen LogP contribution < -0.4 is 11.1 Å². The smallest absolute Gasteiger partial charge is 0.119 e. The maximum absolute atomic E-state index is 8.70. The molecule has 2 unspecified atom stereocenters. The summed E-state index contributed by atoms with van der Waals surface area (Å²) in [7, 11) is 1.66. The third-order valence-electron chi connectivity index (χ3n) is 0.794. The van der Waals surface area contributed by atoms with Crippen molar-refractivity contribution in [2.45, 2.75) is 19.2 Å². The van der Waals surface area contributed by atoms with Crippen molar-refractivity contribution in [3.05, 3.63) is 0 Å². The van der Waals surface area contributed by atoms with Crippen LogP contribution in [0.2, 0.25) is 0 Å². The third-order valence-corrected chi connectivity index (χ3v) is 0.794. The summed E-state index contributed by atoms with van der Waals surface area (Å²) in [5, 5.41) is 11.3. The summed E-state index contributed by atoms with van der Waals surface area (Å²) in [6, 6.07) is -0.190. The summed E-state index contributed by atoms with van der Waals surface area (Å²) >= 11 is 0. The second-order valence-corrected chi connectivity index (χ2v) is 1.59. The molecule has 0 radical (unpaired) electrons. The molecule has 0 spiro atoms. The van der Waals surface area contributed by atoms with Crippen molar-refractivity contribution >= 4 is 0 Å². The van der Waals surface area contributed by atoms with Crippen LogP contribution in [0.5, 0.6) is 0 Å². The van der Waals surface area contributed by atoms with Gasteiger partial charge in [0.05, 0.1) is 0 Å². The third kappa shape index (κ3) is 2.56. The Morgan fingerprint density at radius 2 is 2.14 bits per heavy atom. The Balaban J connectivity index is 3.14. The van der Waals surface area contributed by atoms with Gasteiger partial charge in [-0.3, -0.25) is 5.32 Å². The normalized spacial score (nSPS) is 18.9. The minimum Gasteiger partial charge on any atom is -0.377 e. The second kappa shape index (κ2) is 2.96. The highest BCUT2D eigenvalue weighted by Crippen LogP contribution is 1.78. The average molecular weight is 104 g/mol. The van der Waals surface area contributed by atoms with Crippen LogP contribution in [0.15, 0.2) is 0 Å². The highest BCUT2D eigenvalue weighted by Gasteiger charge is 2.02. The molecular weight excluding hydrogens is 92.1 g/mol. The van der Waals surface area contributed by atoms with Crippen LogP contribution in [-0.2, 0) is 0 Å².